The average Bonchev–Trinajstić information content (AvgIpc) is 2.59. The van der Waals surface area contributed by atoms with E-state index < -0.39 is 10.0 Å². The van der Waals surface area contributed by atoms with Crippen LogP contribution in [0.1, 0.15) is 38.2 Å². The molecule has 0 heterocycles. The van der Waals surface area contributed by atoms with Gasteiger partial charge in [-0.2, -0.15) is 0 Å². The number of benzene rings is 2. The zero-order valence-corrected chi connectivity index (χ0v) is 15.1. The molecule has 2 aromatic rings. The van der Waals surface area contributed by atoms with Crippen LogP contribution < -0.4 is 9.46 Å². The number of hydrogen-bond acceptors (Lipinski definition) is 3. The summed E-state index contributed by atoms with van der Waals surface area (Å²) in [5.41, 5.74) is 1.66. The third-order valence-electron chi connectivity index (χ3n) is 3.87. The number of sulfonamides is 1. The fourth-order valence-electron chi connectivity index (χ4n) is 2.49. The lowest BCUT2D eigenvalue weighted by Crippen LogP contribution is -2.13. The second-order valence-electron chi connectivity index (χ2n) is 5.79. The van der Waals surface area contributed by atoms with Crippen LogP contribution >= 0.6 is 0 Å². The molecule has 0 fully saturated rings. The first-order valence-electron chi connectivity index (χ1n) is 8.31. The largest absolute Gasteiger partial charge is 0.497 e. The highest BCUT2D eigenvalue weighted by Crippen LogP contribution is 2.21. The van der Waals surface area contributed by atoms with E-state index in [9.17, 15) is 8.42 Å². The standard InChI is InChI=1S/C19H25NO3S/c1-3-4-5-6-8-16-11-13-19(14-12-16)24(21,22)20-17-9-7-10-18(15-17)23-2/h7,9-15,20H,3-6,8H2,1-2H3. The second-order valence-corrected chi connectivity index (χ2v) is 7.47. The van der Waals surface area contributed by atoms with Gasteiger partial charge < -0.3 is 4.74 Å². The molecule has 0 aliphatic carbocycles. The van der Waals surface area contributed by atoms with Gasteiger partial charge in [-0.15, -0.1) is 0 Å². The van der Waals surface area contributed by atoms with Crippen molar-refractivity contribution in [1.82, 2.24) is 0 Å². The summed E-state index contributed by atoms with van der Waals surface area (Å²) in [5, 5.41) is 0. The molecule has 0 saturated heterocycles. The fraction of sp³-hybridized carbons (Fsp3) is 0.368. The van der Waals surface area contributed by atoms with Crippen molar-refractivity contribution in [2.75, 3.05) is 11.8 Å². The molecule has 0 radical (unpaired) electrons. The van der Waals surface area contributed by atoms with Crippen molar-refractivity contribution in [2.45, 2.75) is 43.9 Å². The number of unbranched alkanes of at least 4 members (excludes halogenated alkanes) is 3. The van der Waals surface area contributed by atoms with Gasteiger partial charge in [0.15, 0.2) is 0 Å². The Morgan fingerprint density at radius 1 is 1.00 bits per heavy atom. The van der Waals surface area contributed by atoms with Crippen LogP contribution in [0.3, 0.4) is 0 Å². The van der Waals surface area contributed by atoms with Crippen LogP contribution in [0.5, 0.6) is 5.75 Å². The van der Waals surface area contributed by atoms with Gasteiger partial charge >= 0.3 is 0 Å². The molecule has 0 spiro atoms. The predicted octanol–water partition coefficient (Wildman–Crippen LogP) is 4.62. The molecule has 2 rings (SSSR count). The normalized spacial score (nSPS) is 11.2. The number of anilines is 1. The summed E-state index contributed by atoms with van der Waals surface area (Å²) in [6.45, 7) is 2.19. The van der Waals surface area contributed by atoms with Gasteiger partial charge in [-0.3, -0.25) is 4.72 Å². The van der Waals surface area contributed by atoms with Crippen LogP contribution in [0.25, 0.3) is 0 Å². The molecule has 0 amide bonds. The van der Waals surface area contributed by atoms with E-state index in [4.69, 9.17) is 4.74 Å². The fourth-order valence-corrected chi connectivity index (χ4v) is 3.54. The topological polar surface area (TPSA) is 55.4 Å². The van der Waals surface area contributed by atoms with E-state index in [2.05, 4.69) is 11.6 Å². The van der Waals surface area contributed by atoms with Crippen molar-refractivity contribution < 1.29 is 13.2 Å². The zero-order chi connectivity index (χ0) is 17.4. The summed E-state index contributed by atoms with van der Waals surface area (Å²) in [5.74, 6) is 0.609. The number of hydrogen-bond donors (Lipinski definition) is 1. The Morgan fingerprint density at radius 2 is 1.75 bits per heavy atom. The lowest BCUT2D eigenvalue weighted by atomic mass is 10.1. The minimum absolute atomic E-state index is 0.266. The first-order chi connectivity index (χ1) is 11.5. The van der Waals surface area contributed by atoms with Crippen LogP contribution in [0.2, 0.25) is 0 Å². The van der Waals surface area contributed by atoms with Gasteiger partial charge in [0.25, 0.3) is 10.0 Å². The molecular formula is C19H25NO3S. The molecule has 0 aliphatic heterocycles. The number of rotatable bonds is 9. The van der Waals surface area contributed by atoms with Crippen molar-refractivity contribution in [1.29, 1.82) is 0 Å². The molecule has 0 aromatic heterocycles. The molecule has 0 bridgehead atoms. The van der Waals surface area contributed by atoms with Crippen LogP contribution in [0.4, 0.5) is 5.69 Å². The molecule has 0 aliphatic rings. The van der Waals surface area contributed by atoms with Crippen LogP contribution in [-0.4, -0.2) is 15.5 Å². The summed E-state index contributed by atoms with van der Waals surface area (Å²) < 4.78 is 32.6. The van der Waals surface area contributed by atoms with Crippen molar-refractivity contribution in [3.63, 3.8) is 0 Å². The maximum atomic E-state index is 12.5. The van der Waals surface area contributed by atoms with E-state index in [1.54, 1.807) is 43.5 Å². The molecule has 0 unspecified atom stereocenters. The van der Waals surface area contributed by atoms with E-state index >= 15 is 0 Å². The lowest BCUT2D eigenvalue weighted by Gasteiger charge is -2.10. The number of ether oxygens (including phenoxy) is 1. The van der Waals surface area contributed by atoms with Gasteiger partial charge in [0.1, 0.15) is 5.75 Å². The third-order valence-corrected chi connectivity index (χ3v) is 5.27. The summed E-state index contributed by atoms with van der Waals surface area (Å²) in [6, 6.07) is 14.0. The Kier molecular flexibility index (Phi) is 6.67. The SMILES string of the molecule is CCCCCCc1ccc(S(=O)(=O)Nc2cccc(OC)c2)cc1. The molecule has 0 atom stereocenters. The van der Waals surface area contributed by atoms with E-state index in [1.165, 1.54) is 24.8 Å². The van der Waals surface area contributed by atoms with Crippen molar-refractivity contribution in [3.05, 3.63) is 54.1 Å². The van der Waals surface area contributed by atoms with E-state index in [0.29, 0.717) is 11.4 Å². The van der Waals surface area contributed by atoms with Gasteiger partial charge in [0.2, 0.25) is 0 Å². The molecule has 24 heavy (non-hydrogen) atoms. The van der Waals surface area contributed by atoms with Gasteiger partial charge in [0.05, 0.1) is 17.7 Å². The third kappa shape index (κ3) is 5.27. The lowest BCUT2D eigenvalue weighted by molar-refractivity contribution is 0.415. The maximum absolute atomic E-state index is 12.5. The smallest absolute Gasteiger partial charge is 0.261 e. The van der Waals surface area contributed by atoms with Gasteiger partial charge in [-0.05, 0) is 42.7 Å². The van der Waals surface area contributed by atoms with Crippen molar-refractivity contribution >= 4 is 15.7 Å². The molecule has 1 N–H and O–H groups in total. The minimum atomic E-state index is -3.59. The van der Waals surface area contributed by atoms with Gasteiger partial charge in [0, 0.05) is 6.07 Å². The minimum Gasteiger partial charge on any atom is -0.497 e. The monoisotopic (exact) mass is 347 g/mol. The molecule has 2 aromatic carbocycles. The van der Waals surface area contributed by atoms with Crippen LogP contribution in [0, 0.1) is 0 Å². The summed E-state index contributed by atoms with van der Waals surface area (Å²) in [7, 11) is -2.04. The van der Waals surface area contributed by atoms with E-state index in [0.717, 1.165) is 12.8 Å². The first kappa shape index (κ1) is 18.3. The number of methoxy groups -OCH3 is 1. The first-order valence-corrected chi connectivity index (χ1v) is 9.79. The molecule has 0 saturated carbocycles. The highest BCUT2D eigenvalue weighted by atomic mass is 32.2. The quantitative estimate of drug-likeness (QED) is 0.674. The Hall–Kier alpha value is -2.01. The summed E-state index contributed by atoms with van der Waals surface area (Å²) in [4.78, 5) is 0.266. The summed E-state index contributed by atoms with van der Waals surface area (Å²) >= 11 is 0. The number of aryl methyl sites for hydroxylation is 1. The summed E-state index contributed by atoms with van der Waals surface area (Å²) in [6.07, 6.45) is 5.81. The highest BCUT2D eigenvalue weighted by Gasteiger charge is 2.14. The Morgan fingerprint density at radius 3 is 2.42 bits per heavy atom. The Balaban J connectivity index is 2.03. The average molecular weight is 347 g/mol. The Labute approximate surface area is 144 Å². The number of nitrogens with one attached hydrogen (secondary N) is 1. The van der Waals surface area contributed by atoms with E-state index in [1.807, 2.05) is 12.1 Å². The van der Waals surface area contributed by atoms with Gasteiger partial charge in [-0.25, -0.2) is 8.42 Å². The molecule has 130 valence electrons. The predicted molar refractivity (Wildman–Crippen MR) is 98.1 cm³/mol. The van der Waals surface area contributed by atoms with Crippen LogP contribution in [0.15, 0.2) is 53.4 Å². The van der Waals surface area contributed by atoms with E-state index in [-0.39, 0.29) is 4.90 Å². The second kappa shape index (κ2) is 8.73. The molecule has 5 heteroatoms. The zero-order valence-electron chi connectivity index (χ0n) is 14.3. The van der Waals surface area contributed by atoms with Gasteiger partial charge in [-0.1, -0.05) is 44.4 Å². The highest BCUT2D eigenvalue weighted by molar-refractivity contribution is 7.92. The van der Waals surface area contributed by atoms with Crippen molar-refractivity contribution in [3.8, 4) is 5.75 Å². The molecule has 4 nitrogen and oxygen atoms in total. The van der Waals surface area contributed by atoms with Crippen LogP contribution in [-0.2, 0) is 16.4 Å². The Bertz CT molecular complexity index is 739. The maximum Gasteiger partial charge on any atom is 0.261 e. The van der Waals surface area contributed by atoms with Crippen molar-refractivity contribution in [2.24, 2.45) is 0 Å². The molecular weight excluding hydrogens is 322 g/mol.